The van der Waals surface area contributed by atoms with Gasteiger partial charge in [0.1, 0.15) is 11.3 Å². The van der Waals surface area contributed by atoms with E-state index >= 15 is 0 Å². The van der Waals surface area contributed by atoms with E-state index in [0.717, 1.165) is 22.8 Å². The predicted molar refractivity (Wildman–Crippen MR) is 138 cm³/mol. The smallest absolute Gasteiger partial charge is 0.417 e. The molecule has 194 valence electrons. The van der Waals surface area contributed by atoms with Gasteiger partial charge in [-0.05, 0) is 40.8 Å². The average molecular weight is 530 g/mol. The largest absolute Gasteiger partial charge is 0.481 e. The second-order valence-electron chi connectivity index (χ2n) is 9.23. The molecule has 0 unspecified atom stereocenters. The number of carboxylic acid groups (broad SMARTS) is 1. The molecule has 1 heterocycles. The van der Waals surface area contributed by atoms with Gasteiger partial charge in [-0.2, -0.15) is 13.2 Å². The Labute approximate surface area is 218 Å². The molecule has 0 aliphatic heterocycles. The second-order valence-corrected chi connectivity index (χ2v) is 9.61. The molecule has 8 heteroatoms. The molecule has 0 saturated heterocycles. The molecule has 1 atom stereocenters. The molecule has 0 aliphatic rings. The fourth-order valence-electron chi connectivity index (χ4n) is 4.48. The number of aliphatic carboxylic acids is 1. The van der Waals surface area contributed by atoms with Crippen LogP contribution >= 0.6 is 11.6 Å². The molecule has 4 rings (SSSR count). The number of furan rings is 1. The third-order valence-corrected chi connectivity index (χ3v) is 6.79. The first-order chi connectivity index (χ1) is 17.6. The van der Waals surface area contributed by atoms with Crippen molar-refractivity contribution in [3.8, 4) is 0 Å². The van der Waals surface area contributed by atoms with Crippen molar-refractivity contribution in [2.75, 3.05) is 13.1 Å². The van der Waals surface area contributed by atoms with Gasteiger partial charge in [-0.25, -0.2) is 0 Å². The van der Waals surface area contributed by atoms with Crippen molar-refractivity contribution in [3.05, 3.63) is 106 Å². The van der Waals surface area contributed by atoms with Gasteiger partial charge in [0, 0.05) is 31.4 Å². The number of hydrogen-bond acceptors (Lipinski definition) is 3. The molecule has 0 bridgehead atoms. The molecule has 0 spiro atoms. The van der Waals surface area contributed by atoms with Crippen LogP contribution in [0.2, 0.25) is 5.02 Å². The minimum Gasteiger partial charge on any atom is -0.481 e. The van der Waals surface area contributed by atoms with Gasteiger partial charge in [0.15, 0.2) is 0 Å². The molecule has 3 aromatic carbocycles. The molecule has 4 aromatic rings. The topological polar surface area (TPSA) is 53.7 Å². The number of halogens is 4. The quantitative estimate of drug-likeness (QED) is 0.230. The van der Waals surface area contributed by atoms with Crippen molar-refractivity contribution in [1.82, 2.24) is 4.90 Å². The number of hydrogen-bond donors (Lipinski definition) is 1. The van der Waals surface area contributed by atoms with E-state index in [1.807, 2.05) is 42.5 Å². The van der Waals surface area contributed by atoms with Crippen LogP contribution < -0.4 is 0 Å². The Balaban J connectivity index is 1.55. The molecule has 4 nitrogen and oxygen atoms in total. The molecule has 0 radical (unpaired) electrons. The summed E-state index contributed by atoms with van der Waals surface area (Å²) in [5, 5.41) is 9.63. The monoisotopic (exact) mass is 529 g/mol. The zero-order valence-corrected chi connectivity index (χ0v) is 21.0. The number of alkyl halides is 3. The van der Waals surface area contributed by atoms with E-state index in [1.54, 1.807) is 18.2 Å². The van der Waals surface area contributed by atoms with Gasteiger partial charge in [0.05, 0.1) is 17.0 Å². The highest BCUT2D eigenvalue weighted by atomic mass is 35.5. The maximum atomic E-state index is 13.4. The highest BCUT2D eigenvalue weighted by Crippen LogP contribution is 2.36. The summed E-state index contributed by atoms with van der Waals surface area (Å²) in [7, 11) is 0. The summed E-state index contributed by atoms with van der Waals surface area (Å²) in [6, 6.07) is 21.2. The zero-order valence-electron chi connectivity index (χ0n) is 20.3. The van der Waals surface area contributed by atoms with Gasteiger partial charge in [0.25, 0.3) is 0 Å². The van der Waals surface area contributed by atoms with Crippen LogP contribution in [0.1, 0.15) is 40.9 Å². The van der Waals surface area contributed by atoms with E-state index in [1.165, 1.54) is 6.07 Å². The number of benzene rings is 3. The highest BCUT2D eigenvalue weighted by molar-refractivity contribution is 6.32. The maximum absolute atomic E-state index is 13.4. The number of carboxylic acids is 1. The molecule has 0 fully saturated rings. The Morgan fingerprint density at radius 1 is 1.05 bits per heavy atom. The standard InChI is InChI=1S/C29H27ClF3NO3/c1-19(21-6-3-2-4-7-21)17-34(18-23-8-5-9-25(28(23)30)29(31,32)33)13-12-24-16-22-11-10-20(15-27(35)36)14-26(22)37-24/h2-11,14,16,19H,12-13,15,17-18H2,1H3,(H,35,36)/t19-/m1/s1. The SMILES string of the molecule is C[C@H](CN(CCc1cc2ccc(CC(=O)O)cc2o1)Cc1cccc(C(F)(F)F)c1Cl)c1ccccc1. The summed E-state index contributed by atoms with van der Waals surface area (Å²) in [6.07, 6.45) is -4.08. The minimum absolute atomic E-state index is 0.0884. The van der Waals surface area contributed by atoms with Gasteiger partial charge in [-0.3, -0.25) is 9.69 Å². The van der Waals surface area contributed by atoms with Crippen molar-refractivity contribution in [2.45, 2.75) is 38.4 Å². The third kappa shape index (κ3) is 6.93. The molecular weight excluding hydrogens is 503 g/mol. The zero-order chi connectivity index (χ0) is 26.6. The summed E-state index contributed by atoms with van der Waals surface area (Å²) in [6.45, 7) is 3.48. The third-order valence-electron chi connectivity index (χ3n) is 6.34. The summed E-state index contributed by atoms with van der Waals surface area (Å²) in [4.78, 5) is 13.1. The van der Waals surface area contributed by atoms with E-state index in [0.29, 0.717) is 36.2 Å². The Hall–Kier alpha value is -3.29. The van der Waals surface area contributed by atoms with Crippen LogP contribution in [0.15, 0.2) is 77.2 Å². The van der Waals surface area contributed by atoms with Gasteiger partial charge in [-0.1, -0.05) is 73.1 Å². The van der Waals surface area contributed by atoms with E-state index < -0.39 is 17.7 Å². The number of carbonyl (C=O) groups is 1. The van der Waals surface area contributed by atoms with E-state index in [2.05, 4.69) is 11.8 Å². The number of fused-ring (bicyclic) bond motifs is 1. The Morgan fingerprint density at radius 3 is 2.51 bits per heavy atom. The summed E-state index contributed by atoms with van der Waals surface area (Å²) < 4.78 is 46.2. The Morgan fingerprint density at radius 2 is 1.81 bits per heavy atom. The lowest BCUT2D eigenvalue weighted by atomic mass is 10.00. The lowest BCUT2D eigenvalue weighted by molar-refractivity contribution is -0.138. The van der Waals surface area contributed by atoms with E-state index in [4.69, 9.17) is 21.1 Å². The number of nitrogens with zero attached hydrogens (tertiary/aromatic N) is 1. The van der Waals surface area contributed by atoms with Crippen molar-refractivity contribution in [1.29, 1.82) is 0 Å². The van der Waals surface area contributed by atoms with E-state index in [9.17, 15) is 18.0 Å². The lowest BCUT2D eigenvalue weighted by Gasteiger charge is -2.27. The molecule has 1 aromatic heterocycles. The molecule has 0 aliphatic carbocycles. The van der Waals surface area contributed by atoms with Crippen molar-refractivity contribution >= 4 is 28.5 Å². The minimum atomic E-state index is -4.52. The molecular formula is C29H27ClF3NO3. The first-order valence-corrected chi connectivity index (χ1v) is 12.3. The summed E-state index contributed by atoms with van der Waals surface area (Å²) in [5.74, 6) is -0.0578. The fourth-order valence-corrected chi connectivity index (χ4v) is 4.77. The lowest BCUT2D eigenvalue weighted by Crippen LogP contribution is -2.30. The van der Waals surface area contributed by atoms with E-state index in [-0.39, 0.29) is 23.9 Å². The van der Waals surface area contributed by atoms with Gasteiger partial charge in [-0.15, -0.1) is 0 Å². The van der Waals surface area contributed by atoms with Gasteiger partial charge in [0.2, 0.25) is 0 Å². The van der Waals surface area contributed by atoms with Crippen molar-refractivity contribution in [3.63, 3.8) is 0 Å². The summed E-state index contributed by atoms with van der Waals surface area (Å²) >= 11 is 6.21. The van der Waals surface area contributed by atoms with Gasteiger partial charge < -0.3 is 9.52 Å². The summed E-state index contributed by atoms with van der Waals surface area (Å²) in [5.41, 5.74) is 1.98. The van der Waals surface area contributed by atoms with Crippen LogP contribution in [0.4, 0.5) is 13.2 Å². The first kappa shape index (κ1) is 26.8. The predicted octanol–water partition coefficient (Wildman–Crippen LogP) is 7.58. The number of rotatable bonds is 10. The van der Waals surface area contributed by atoms with Crippen LogP contribution in [0.5, 0.6) is 0 Å². The Bertz CT molecular complexity index is 1370. The van der Waals surface area contributed by atoms with Crippen LogP contribution in [0, 0.1) is 0 Å². The average Bonchev–Trinajstić information content (AvgIpc) is 3.25. The van der Waals surface area contributed by atoms with Crippen LogP contribution in [0.25, 0.3) is 11.0 Å². The van der Waals surface area contributed by atoms with Gasteiger partial charge >= 0.3 is 12.1 Å². The first-order valence-electron chi connectivity index (χ1n) is 11.9. The molecule has 37 heavy (non-hydrogen) atoms. The van der Waals surface area contributed by atoms with Crippen molar-refractivity contribution < 1.29 is 27.5 Å². The van der Waals surface area contributed by atoms with Crippen molar-refractivity contribution in [2.24, 2.45) is 0 Å². The normalized spacial score (nSPS) is 12.8. The van der Waals surface area contributed by atoms with Crippen LogP contribution in [-0.4, -0.2) is 29.1 Å². The second kappa shape index (κ2) is 11.4. The fraction of sp³-hybridized carbons (Fsp3) is 0.276. The molecule has 0 amide bonds. The van der Waals surface area contributed by atoms with Crippen LogP contribution in [-0.2, 0) is 30.4 Å². The Kier molecular flexibility index (Phi) is 8.25. The maximum Gasteiger partial charge on any atom is 0.417 e. The van der Waals surface area contributed by atoms with Crippen LogP contribution in [0.3, 0.4) is 0 Å². The molecule has 1 N–H and O–H groups in total. The highest BCUT2D eigenvalue weighted by Gasteiger charge is 2.34. The molecule has 0 saturated carbocycles.